The van der Waals surface area contributed by atoms with Crippen molar-refractivity contribution in [2.75, 3.05) is 6.54 Å². The first-order valence-electron chi connectivity index (χ1n) is 8.01. The van der Waals surface area contributed by atoms with Crippen LogP contribution >= 0.6 is 0 Å². The van der Waals surface area contributed by atoms with Gasteiger partial charge in [0.15, 0.2) is 0 Å². The highest BCUT2D eigenvalue weighted by atomic mass is 16.4. The third-order valence-electron chi connectivity index (χ3n) is 4.71. The second-order valence-corrected chi connectivity index (χ2v) is 6.23. The molecule has 0 unspecified atom stereocenters. The van der Waals surface area contributed by atoms with E-state index in [0.29, 0.717) is 18.5 Å². The fourth-order valence-corrected chi connectivity index (χ4v) is 3.22. The zero-order valence-electron chi connectivity index (χ0n) is 13.2. The molecule has 0 aliphatic heterocycles. The van der Waals surface area contributed by atoms with Crippen molar-refractivity contribution in [2.24, 2.45) is 5.41 Å². The lowest BCUT2D eigenvalue weighted by Crippen LogP contribution is -2.45. The van der Waals surface area contributed by atoms with Gasteiger partial charge in [0.2, 0.25) is 0 Å². The Hall–Kier alpha value is -2.70. The van der Waals surface area contributed by atoms with Gasteiger partial charge in [-0.2, -0.15) is 0 Å². The van der Waals surface area contributed by atoms with Crippen molar-refractivity contribution >= 4 is 17.5 Å². The fourth-order valence-electron chi connectivity index (χ4n) is 3.22. The molecule has 0 aromatic carbocycles. The van der Waals surface area contributed by atoms with Gasteiger partial charge in [0.05, 0.1) is 5.41 Å². The molecule has 1 amide bonds. The topological polar surface area (TPSA) is 101 Å². The molecule has 1 aliphatic carbocycles. The van der Waals surface area contributed by atoms with Crippen molar-refractivity contribution in [3.8, 4) is 0 Å². The first kappa shape index (κ1) is 16.2. The summed E-state index contributed by atoms with van der Waals surface area (Å²) in [6, 6.07) is 5.10. The fraction of sp³-hybridized carbons (Fsp3) is 0.412. The van der Waals surface area contributed by atoms with Gasteiger partial charge in [0.25, 0.3) is 11.5 Å². The maximum Gasteiger partial charge on any atom is 0.311 e. The molecule has 1 fully saturated rings. The van der Waals surface area contributed by atoms with E-state index in [1.165, 1.54) is 10.6 Å². The predicted octanol–water partition coefficient (Wildman–Crippen LogP) is 1.46. The van der Waals surface area contributed by atoms with Crippen LogP contribution in [0.15, 0.2) is 35.4 Å². The van der Waals surface area contributed by atoms with Gasteiger partial charge in [-0.15, -0.1) is 0 Å². The Morgan fingerprint density at radius 2 is 2.00 bits per heavy atom. The van der Waals surface area contributed by atoms with Gasteiger partial charge in [-0.1, -0.05) is 25.3 Å². The van der Waals surface area contributed by atoms with Gasteiger partial charge in [0.1, 0.15) is 11.2 Å². The Labute approximate surface area is 138 Å². The molecular weight excluding hydrogens is 310 g/mol. The molecule has 0 atom stereocenters. The number of aliphatic carboxylic acids is 1. The number of nitrogens with zero attached hydrogens (tertiary/aromatic N) is 2. The van der Waals surface area contributed by atoms with E-state index in [0.717, 1.165) is 19.3 Å². The third-order valence-corrected chi connectivity index (χ3v) is 4.71. The number of nitrogens with one attached hydrogen (secondary N) is 1. The molecule has 7 heteroatoms. The van der Waals surface area contributed by atoms with Gasteiger partial charge in [-0.3, -0.25) is 18.8 Å². The smallest absolute Gasteiger partial charge is 0.311 e. The average molecular weight is 329 g/mol. The number of carboxylic acids is 1. The van der Waals surface area contributed by atoms with E-state index in [1.807, 2.05) is 0 Å². The number of rotatable bonds is 4. The van der Waals surface area contributed by atoms with Crippen LogP contribution in [0.4, 0.5) is 0 Å². The molecule has 24 heavy (non-hydrogen) atoms. The Kier molecular flexibility index (Phi) is 4.33. The Morgan fingerprint density at radius 1 is 1.25 bits per heavy atom. The van der Waals surface area contributed by atoms with Crippen LogP contribution in [0, 0.1) is 5.41 Å². The van der Waals surface area contributed by atoms with E-state index >= 15 is 0 Å². The summed E-state index contributed by atoms with van der Waals surface area (Å²) >= 11 is 0. The van der Waals surface area contributed by atoms with E-state index in [1.54, 1.807) is 24.4 Å². The SMILES string of the molecule is O=C(NCC1(C(=O)O)CCCCC1)c1cnc2ccccn2c1=O. The first-order chi connectivity index (χ1) is 11.5. The van der Waals surface area contributed by atoms with Crippen LogP contribution < -0.4 is 10.9 Å². The Balaban J connectivity index is 1.81. The molecule has 2 aromatic heterocycles. The molecule has 3 rings (SSSR count). The number of hydrogen-bond donors (Lipinski definition) is 2. The molecule has 2 aromatic rings. The zero-order valence-corrected chi connectivity index (χ0v) is 13.2. The third kappa shape index (κ3) is 2.89. The van der Waals surface area contributed by atoms with E-state index in [2.05, 4.69) is 10.3 Å². The second-order valence-electron chi connectivity index (χ2n) is 6.23. The molecular formula is C17H19N3O4. The molecule has 7 nitrogen and oxygen atoms in total. The number of carboxylic acid groups (broad SMARTS) is 1. The largest absolute Gasteiger partial charge is 0.481 e. The number of fused-ring (bicyclic) bond motifs is 1. The van der Waals surface area contributed by atoms with Gasteiger partial charge in [0, 0.05) is 18.9 Å². The summed E-state index contributed by atoms with van der Waals surface area (Å²) < 4.78 is 1.29. The monoisotopic (exact) mass is 329 g/mol. The maximum absolute atomic E-state index is 12.4. The van der Waals surface area contributed by atoms with Crippen LogP contribution in [0.2, 0.25) is 0 Å². The number of carbonyl (C=O) groups excluding carboxylic acids is 1. The van der Waals surface area contributed by atoms with Gasteiger partial charge in [-0.25, -0.2) is 4.98 Å². The van der Waals surface area contributed by atoms with Crippen LogP contribution in [0.1, 0.15) is 42.5 Å². The summed E-state index contributed by atoms with van der Waals surface area (Å²) in [7, 11) is 0. The lowest BCUT2D eigenvalue weighted by atomic mass is 9.74. The number of pyridine rings is 1. The molecule has 0 spiro atoms. The number of amides is 1. The summed E-state index contributed by atoms with van der Waals surface area (Å²) in [6.07, 6.45) is 6.54. The van der Waals surface area contributed by atoms with E-state index in [-0.39, 0.29) is 12.1 Å². The highest BCUT2D eigenvalue weighted by Gasteiger charge is 2.39. The maximum atomic E-state index is 12.4. The summed E-state index contributed by atoms with van der Waals surface area (Å²) in [5.74, 6) is -1.48. The van der Waals surface area contributed by atoms with Gasteiger partial charge < -0.3 is 10.4 Å². The van der Waals surface area contributed by atoms with Crippen LogP contribution in [-0.4, -0.2) is 32.9 Å². The van der Waals surface area contributed by atoms with Crippen molar-refractivity contribution in [3.63, 3.8) is 0 Å². The quantitative estimate of drug-likeness (QED) is 0.884. The average Bonchev–Trinajstić information content (AvgIpc) is 2.61. The highest BCUT2D eigenvalue weighted by molar-refractivity contribution is 5.94. The van der Waals surface area contributed by atoms with E-state index in [9.17, 15) is 19.5 Å². The van der Waals surface area contributed by atoms with Crippen molar-refractivity contribution in [1.29, 1.82) is 0 Å². The molecule has 2 heterocycles. The molecule has 2 N–H and O–H groups in total. The Bertz CT molecular complexity index is 837. The van der Waals surface area contributed by atoms with Crippen LogP contribution in [0.5, 0.6) is 0 Å². The number of hydrogen-bond acceptors (Lipinski definition) is 4. The second kappa shape index (κ2) is 6.43. The normalized spacial score (nSPS) is 16.7. The minimum atomic E-state index is -0.936. The number of aromatic nitrogens is 2. The van der Waals surface area contributed by atoms with Crippen molar-refractivity contribution in [2.45, 2.75) is 32.1 Å². The standard InChI is InChI=1S/C17H19N3O4/c21-14(19-11-17(16(23)24)7-3-1-4-8-17)12-10-18-13-6-2-5-9-20(13)15(12)22/h2,5-6,9-10H,1,3-4,7-8,11H2,(H,19,21)(H,23,24). The van der Waals surface area contributed by atoms with Gasteiger partial charge in [-0.05, 0) is 25.0 Å². The minimum Gasteiger partial charge on any atom is -0.481 e. The van der Waals surface area contributed by atoms with Crippen LogP contribution in [-0.2, 0) is 4.79 Å². The van der Waals surface area contributed by atoms with Gasteiger partial charge >= 0.3 is 5.97 Å². The minimum absolute atomic E-state index is 0.0259. The molecule has 0 bridgehead atoms. The molecule has 0 saturated heterocycles. The first-order valence-corrected chi connectivity index (χ1v) is 8.01. The summed E-state index contributed by atoms with van der Waals surface area (Å²) in [5.41, 5.74) is -1.04. The van der Waals surface area contributed by atoms with Crippen molar-refractivity contribution in [3.05, 3.63) is 46.5 Å². The molecule has 1 aliphatic rings. The number of carbonyl (C=O) groups is 2. The summed E-state index contributed by atoms with van der Waals surface area (Å²) in [4.78, 5) is 40.5. The lowest BCUT2D eigenvalue weighted by molar-refractivity contribution is -0.150. The predicted molar refractivity (Wildman–Crippen MR) is 86.9 cm³/mol. The Morgan fingerprint density at radius 3 is 2.71 bits per heavy atom. The summed E-state index contributed by atoms with van der Waals surface area (Å²) in [5, 5.41) is 12.2. The van der Waals surface area contributed by atoms with Crippen LogP contribution in [0.3, 0.4) is 0 Å². The molecule has 126 valence electrons. The van der Waals surface area contributed by atoms with E-state index in [4.69, 9.17) is 0 Å². The van der Waals surface area contributed by atoms with Crippen LogP contribution in [0.25, 0.3) is 5.65 Å². The van der Waals surface area contributed by atoms with Crippen molar-refractivity contribution in [1.82, 2.24) is 14.7 Å². The molecule has 0 radical (unpaired) electrons. The van der Waals surface area contributed by atoms with Crippen molar-refractivity contribution < 1.29 is 14.7 Å². The van der Waals surface area contributed by atoms with E-state index < -0.39 is 22.9 Å². The summed E-state index contributed by atoms with van der Waals surface area (Å²) in [6.45, 7) is 0.0259. The highest BCUT2D eigenvalue weighted by Crippen LogP contribution is 2.36. The molecule has 1 saturated carbocycles. The zero-order chi connectivity index (χ0) is 17.2. The lowest BCUT2D eigenvalue weighted by Gasteiger charge is -2.33.